The zero-order chi connectivity index (χ0) is 24.5. The molecule has 0 unspecified atom stereocenters. The topological polar surface area (TPSA) is 53.1 Å². The van der Waals surface area contributed by atoms with Crippen LogP contribution in [0.2, 0.25) is 5.02 Å². The van der Waals surface area contributed by atoms with Gasteiger partial charge in [0, 0.05) is 49.4 Å². The lowest BCUT2D eigenvalue weighted by Gasteiger charge is -2.36. The van der Waals surface area contributed by atoms with Crippen LogP contribution >= 0.6 is 11.6 Å². The summed E-state index contributed by atoms with van der Waals surface area (Å²) in [6.07, 6.45) is 0. The van der Waals surface area contributed by atoms with E-state index in [1.807, 2.05) is 24.3 Å². The number of halogens is 2. The highest BCUT2D eigenvalue weighted by atomic mass is 35.5. The van der Waals surface area contributed by atoms with E-state index in [2.05, 4.69) is 9.80 Å². The maximum absolute atomic E-state index is 14.4. The highest BCUT2D eigenvalue weighted by molar-refractivity contribution is 6.30. The first-order valence-electron chi connectivity index (χ1n) is 11.5. The summed E-state index contributed by atoms with van der Waals surface area (Å²) in [6.45, 7) is 3.48. The molecule has 2 aliphatic heterocycles. The van der Waals surface area contributed by atoms with Gasteiger partial charge in [0.1, 0.15) is 11.6 Å². The summed E-state index contributed by atoms with van der Waals surface area (Å²) in [6, 6.07) is 17.5. The van der Waals surface area contributed by atoms with Crippen molar-refractivity contribution in [2.75, 3.05) is 38.2 Å². The molecule has 1 fully saturated rings. The van der Waals surface area contributed by atoms with Crippen LogP contribution in [0, 0.1) is 5.82 Å². The number of piperazine rings is 1. The number of carbonyl (C=O) groups is 2. The molecule has 0 atom stereocenters. The van der Waals surface area contributed by atoms with Gasteiger partial charge in [0.25, 0.3) is 11.8 Å². The van der Waals surface area contributed by atoms with Crippen LogP contribution in [0.1, 0.15) is 31.8 Å². The van der Waals surface area contributed by atoms with Crippen LogP contribution in [0.4, 0.5) is 10.1 Å². The average Bonchev–Trinajstić information content (AvgIpc) is 3.12. The lowest BCUT2D eigenvalue weighted by molar-refractivity contribution is 0.0642. The largest absolute Gasteiger partial charge is 0.497 e. The number of fused-ring (bicyclic) bond motifs is 1. The Bertz CT molecular complexity index is 1270. The van der Waals surface area contributed by atoms with Crippen LogP contribution in [0.15, 0.2) is 60.7 Å². The highest BCUT2D eigenvalue weighted by Crippen LogP contribution is 2.33. The van der Waals surface area contributed by atoms with Crippen LogP contribution in [0.25, 0.3) is 0 Å². The van der Waals surface area contributed by atoms with Crippen LogP contribution in [-0.2, 0) is 13.1 Å². The number of ether oxygens (including phenoxy) is 1. The summed E-state index contributed by atoms with van der Waals surface area (Å²) in [5.74, 6) is -0.343. The van der Waals surface area contributed by atoms with Crippen LogP contribution in [0.5, 0.6) is 5.75 Å². The fourth-order valence-electron chi connectivity index (χ4n) is 4.67. The standard InChI is InChI=1S/C27H25ClFN3O3/c1-35-21-10-7-19(23(29)15-21)17-30-11-13-31(14-12-30)24-4-2-3-22-25(24)27(34)32(26(22)33)16-18-5-8-20(28)9-6-18/h2-10,15H,11-14,16-17H2,1H3. The van der Waals surface area contributed by atoms with E-state index in [9.17, 15) is 14.0 Å². The van der Waals surface area contributed by atoms with E-state index in [0.29, 0.717) is 60.2 Å². The quantitative estimate of drug-likeness (QED) is 0.469. The summed E-state index contributed by atoms with van der Waals surface area (Å²) in [5.41, 5.74) is 3.13. The monoisotopic (exact) mass is 493 g/mol. The van der Waals surface area contributed by atoms with Crippen molar-refractivity contribution in [3.05, 3.63) is 93.8 Å². The second-order valence-electron chi connectivity index (χ2n) is 8.74. The zero-order valence-electron chi connectivity index (χ0n) is 19.3. The molecule has 0 spiro atoms. The summed E-state index contributed by atoms with van der Waals surface area (Å²) in [4.78, 5) is 32.0. The summed E-state index contributed by atoms with van der Waals surface area (Å²) >= 11 is 5.96. The minimum Gasteiger partial charge on any atom is -0.497 e. The zero-order valence-corrected chi connectivity index (χ0v) is 20.1. The molecule has 5 rings (SSSR count). The number of benzene rings is 3. The van der Waals surface area contributed by atoms with Crippen molar-refractivity contribution in [1.82, 2.24) is 9.80 Å². The van der Waals surface area contributed by atoms with Gasteiger partial charge in [-0.05, 0) is 35.9 Å². The first-order chi connectivity index (χ1) is 16.9. The molecule has 8 heteroatoms. The maximum Gasteiger partial charge on any atom is 0.263 e. The molecule has 0 N–H and O–H groups in total. The normalized spacial score (nSPS) is 16.1. The Hall–Kier alpha value is -3.42. The van der Waals surface area contributed by atoms with Gasteiger partial charge < -0.3 is 9.64 Å². The molecule has 0 saturated carbocycles. The van der Waals surface area contributed by atoms with E-state index >= 15 is 0 Å². The molecule has 180 valence electrons. The second kappa shape index (κ2) is 9.68. The van der Waals surface area contributed by atoms with Gasteiger partial charge in [0.15, 0.2) is 0 Å². The van der Waals surface area contributed by atoms with Crippen LogP contribution < -0.4 is 9.64 Å². The molecule has 3 aromatic rings. The first-order valence-corrected chi connectivity index (χ1v) is 11.9. The van der Waals surface area contributed by atoms with Crippen LogP contribution in [0.3, 0.4) is 0 Å². The van der Waals surface area contributed by atoms with Crippen molar-refractivity contribution < 1.29 is 18.7 Å². The molecular formula is C27H25ClFN3O3. The molecule has 35 heavy (non-hydrogen) atoms. The highest BCUT2D eigenvalue weighted by Gasteiger charge is 2.38. The van der Waals surface area contributed by atoms with Gasteiger partial charge in [-0.1, -0.05) is 35.9 Å². The Morgan fingerprint density at radius 3 is 2.34 bits per heavy atom. The lowest BCUT2D eigenvalue weighted by atomic mass is 10.1. The Kier molecular flexibility index (Phi) is 6.45. The first kappa shape index (κ1) is 23.3. The Balaban J connectivity index is 1.29. The van der Waals surface area contributed by atoms with E-state index in [1.54, 1.807) is 30.3 Å². The predicted molar refractivity (Wildman–Crippen MR) is 133 cm³/mol. The van der Waals surface area contributed by atoms with Gasteiger partial charge in [-0.25, -0.2) is 4.39 Å². The number of rotatable bonds is 6. The maximum atomic E-state index is 14.4. The summed E-state index contributed by atoms with van der Waals surface area (Å²) < 4.78 is 19.5. The number of hydrogen-bond donors (Lipinski definition) is 0. The molecule has 2 amide bonds. The van der Waals surface area contributed by atoms with Gasteiger partial charge in [0.2, 0.25) is 0 Å². The Morgan fingerprint density at radius 2 is 1.66 bits per heavy atom. The Morgan fingerprint density at radius 1 is 0.914 bits per heavy atom. The number of nitrogens with zero attached hydrogens (tertiary/aromatic N) is 3. The van der Waals surface area contributed by atoms with E-state index in [4.69, 9.17) is 16.3 Å². The number of hydrogen-bond acceptors (Lipinski definition) is 5. The molecule has 6 nitrogen and oxygen atoms in total. The fourth-order valence-corrected chi connectivity index (χ4v) is 4.79. The number of carbonyl (C=O) groups excluding carboxylic acids is 2. The molecule has 0 aromatic heterocycles. The molecule has 2 heterocycles. The van der Waals surface area contributed by atoms with Gasteiger partial charge in [-0.15, -0.1) is 0 Å². The van der Waals surface area contributed by atoms with Crippen molar-refractivity contribution in [3.8, 4) is 5.75 Å². The Labute approximate surface area is 208 Å². The van der Waals surface area contributed by atoms with Crippen molar-refractivity contribution in [3.63, 3.8) is 0 Å². The number of imide groups is 1. The van der Waals surface area contributed by atoms with Crippen molar-refractivity contribution in [1.29, 1.82) is 0 Å². The van der Waals surface area contributed by atoms with E-state index in [1.165, 1.54) is 18.1 Å². The minimum atomic E-state index is -0.282. The lowest BCUT2D eigenvalue weighted by Crippen LogP contribution is -2.46. The van der Waals surface area contributed by atoms with Crippen molar-refractivity contribution in [2.45, 2.75) is 13.1 Å². The summed E-state index contributed by atoms with van der Waals surface area (Å²) in [5, 5.41) is 0.604. The number of anilines is 1. The van der Waals surface area contributed by atoms with Crippen LogP contribution in [-0.4, -0.2) is 54.9 Å². The number of amides is 2. The predicted octanol–water partition coefficient (Wildman–Crippen LogP) is 4.61. The van der Waals surface area contributed by atoms with Gasteiger partial charge in [-0.3, -0.25) is 19.4 Å². The third kappa shape index (κ3) is 4.61. The van der Waals surface area contributed by atoms with E-state index < -0.39 is 0 Å². The SMILES string of the molecule is COc1ccc(CN2CCN(c3cccc4c3C(=O)N(Cc3ccc(Cl)cc3)C4=O)CC2)c(F)c1. The fraction of sp³-hybridized carbons (Fsp3) is 0.259. The molecular weight excluding hydrogens is 469 g/mol. The second-order valence-corrected chi connectivity index (χ2v) is 9.18. The molecule has 3 aromatic carbocycles. The average molecular weight is 494 g/mol. The third-order valence-corrected chi connectivity index (χ3v) is 6.85. The smallest absolute Gasteiger partial charge is 0.263 e. The third-order valence-electron chi connectivity index (χ3n) is 6.60. The minimum absolute atomic E-state index is 0.199. The van der Waals surface area contributed by atoms with Gasteiger partial charge in [-0.2, -0.15) is 0 Å². The van der Waals surface area contributed by atoms with Gasteiger partial charge in [0.05, 0.1) is 30.5 Å². The molecule has 0 bridgehead atoms. The molecule has 2 aliphatic rings. The van der Waals surface area contributed by atoms with Gasteiger partial charge >= 0.3 is 0 Å². The van der Waals surface area contributed by atoms with E-state index in [0.717, 1.165) is 11.3 Å². The number of methoxy groups -OCH3 is 1. The molecule has 1 saturated heterocycles. The molecule has 0 radical (unpaired) electrons. The summed E-state index contributed by atoms with van der Waals surface area (Å²) in [7, 11) is 1.52. The van der Waals surface area contributed by atoms with Crippen molar-refractivity contribution >= 4 is 29.1 Å². The van der Waals surface area contributed by atoms with Crippen molar-refractivity contribution in [2.24, 2.45) is 0 Å². The van der Waals surface area contributed by atoms with E-state index in [-0.39, 0.29) is 24.2 Å². The molecule has 0 aliphatic carbocycles.